The minimum atomic E-state index is -0.528. The van der Waals surface area contributed by atoms with Crippen molar-refractivity contribution in [2.24, 2.45) is 0 Å². The zero-order valence-corrected chi connectivity index (χ0v) is 9.43. The number of hydrogen-bond acceptors (Lipinski definition) is 0. The Kier molecular flexibility index (Phi) is 4.26. The summed E-state index contributed by atoms with van der Waals surface area (Å²) in [5.74, 6) is 0. The van der Waals surface area contributed by atoms with Gasteiger partial charge in [0.05, 0.1) is 8.80 Å². The molecular weight excluding hydrogens is 172 g/mol. The maximum absolute atomic E-state index is 2.32. The summed E-state index contributed by atoms with van der Waals surface area (Å²) in [6, 6.07) is 10.4. The molecule has 68 valence electrons. The zero-order valence-electron chi connectivity index (χ0n) is 8.27. The van der Waals surface area contributed by atoms with Crippen LogP contribution in [0.25, 0.3) is 6.08 Å². The van der Waals surface area contributed by atoms with E-state index in [0.29, 0.717) is 0 Å². The molecule has 0 saturated heterocycles. The summed E-state index contributed by atoms with van der Waals surface area (Å²) in [5.41, 5.74) is 3.58. The van der Waals surface area contributed by atoms with E-state index in [1.807, 2.05) is 6.07 Å². The zero-order chi connectivity index (χ0) is 9.52. The van der Waals surface area contributed by atoms with E-state index < -0.39 is 8.80 Å². The average molecular weight is 188 g/mol. The Bertz CT molecular complexity index is 283. The second-order valence-corrected chi connectivity index (χ2v) is 6.27. The van der Waals surface area contributed by atoms with Crippen LogP contribution in [0.4, 0.5) is 0 Å². The second kappa shape index (κ2) is 5.54. The van der Waals surface area contributed by atoms with Crippen LogP contribution in [0, 0.1) is 0 Å². The molecule has 0 bridgehead atoms. The minimum absolute atomic E-state index is 0.528. The lowest BCUT2D eigenvalue weighted by molar-refractivity contribution is 1.66. The Morgan fingerprint density at radius 3 is 2.31 bits per heavy atom. The molecule has 0 atom stereocenters. The van der Waals surface area contributed by atoms with Crippen molar-refractivity contribution >= 4 is 14.9 Å². The predicted octanol–water partition coefficient (Wildman–Crippen LogP) is 3.28. The maximum Gasteiger partial charge on any atom is 0.0554 e. The van der Waals surface area contributed by atoms with Crippen molar-refractivity contribution in [3.05, 3.63) is 53.7 Å². The molecule has 0 aliphatic carbocycles. The molecule has 0 amide bonds. The number of hydrogen-bond donors (Lipinski definition) is 0. The van der Waals surface area contributed by atoms with E-state index in [1.165, 1.54) is 5.56 Å². The molecule has 0 saturated carbocycles. The summed E-state index contributed by atoms with van der Waals surface area (Å²) < 4.78 is 0. The van der Waals surface area contributed by atoms with Crippen LogP contribution in [0.15, 0.2) is 48.2 Å². The molecule has 0 nitrogen and oxygen atoms in total. The van der Waals surface area contributed by atoms with Crippen LogP contribution in [0.1, 0.15) is 5.56 Å². The molecule has 0 aliphatic heterocycles. The van der Waals surface area contributed by atoms with Crippen LogP contribution in [-0.2, 0) is 0 Å². The second-order valence-electron chi connectivity index (χ2n) is 3.40. The van der Waals surface area contributed by atoms with Crippen LogP contribution in [0.2, 0.25) is 13.1 Å². The quantitative estimate of drug-likeness (QED) is 0.504. The van der Waals surface area contributed by atoms with E-state index in [0.717, 1.165) is 0 Å². The Balaban J connectivity index is 2.50. The molecule has 0 heterocycles. The van der Waals surface area contributed by atoms with Crippen molar-refractivity contribution in [3.8, 4) is 0 Å². The molecule has 13 heavy (non-hydrogen) atoms. The molecule has 1 heteroatoms. The fourth-order valence-electron chi connectivity index (χ4n) is 1.02. The first-order valence-corrected chi connectivity index (χ1v) is 7.66. The van der Waals surface area contributed by atoms with Crippen molar-refractivity contribution in [3.63, 3.8) is 0 Å². The monoisotopic (exact) mass is 188 g/mol. The highest BCUT2D eigenvalue weighted by Crippen LogP contribution is 2.00. The summed E-state index contributed by atoms with van der Waals surface area (Å²) in [6.45, 7) is 4.62. The molecule has 1 aromatic rings. The third kappa shape index (κ3) is 4.48. The third-order valence-electron chi connectivity index (χ3n) is 1.70. The largest absolute Gasteiger partial charge is 0.0982 e. The molecule has 1 aromatic carbocycles. The normalized spacial score (nSPS) is 11.9. The molecule has 0 N–H and O–H groups in total. The first-order valence-electron chi connectivity index (χ1n) is 4.69. The molecule has 0 aromatic heterocycles. The Labute approximate surface area is 82.2 Å². The molecule has 1 rings (SSSR count). The van der Waals surface area contributed by atoms with E-state index in [2.05, 4.69) is 61.3 Å². The van der Waals surface area contributed by atoms with E-state index >= 15 is 0 Å². The van der Waals surface area contributed by atoms with Gasteiger partial charge >= 0.3 is 0 Å². The van der Waals surface area contributed by atoms with Crippen molar-refractivity contribution in [2.75, 3.05) is 0 Å². The molecule has 0 spiro atoms. The highest BCUT2D eigenvalue weighted by atomic mass is 28.3. The van der Waals surface area contributed by atoms with Crippen LogP contribution in [0.5, 0.6) is 0 Å². The van der Waals surface area contributed by atoms with Crippen LogP contribution in [-0.4, -0.2) is 8.80 Å². The molecule has 0 fully saturated rings. The van der Waals surface area contributed by atoms with Gasteiger partial charge in [-0.15, -0.1) is 0 Å². The Morgan fingerprint density at radius 1 is 1.00 bits per heavy atom. The summed E-state index contributed by atoms with van der Waals surface area (Å²) in [4.78, 5) is 0. The lowest BCUT2D eigenvalue weighted by Gasteiger charge is -1.89. The van der Waals surface area contributed by atoms with Gasteiger partial charge < -0.3 is 0 Å². The van der Waals surface area contributed by atoms with E-state index in [1.54, 1.807) is 0 Å². The SMILES string of the molecule is C[SiH](C)C=CC=Cc1ccccc1. The fraction of sp³-hybridized carbons (Fsp3) is 0.167. The topological polar surface area (TPSA) is 0 Å². The van der Waals surface area contributed by atoms with Gasteiger partial charge in [-0.25, -0.2) is 0 Å². The standard InChI is InChI=1S/C12H16Si/c1-13(2)11-7-6-10-12-8-4-3-5-9-12/h3-11,13H,1-2H3. The highest BCUT2D eigenvalue weighted by Gasteiger charge is 1.83. The average Bonchev–Trinajstić information content (AvgIpc) is 2.14. The lowest BCUT2D eigenvalue weighted by Crippen LogP contribution is -1.90. The number of benzene rings is 1. The Morgan fingerprint density at radius 2 is 1.69 bits per heavy atom. The van der Waals surface area contributed by atoms with E-state index in [-0.39, 0.29) is 0 Å². The van der Waals surface area contributed by atoms with E-state index in [4.69, 9.17) is 0 Å². The first-order chi connectivity index (χ1) is 6.29. The number of rotatable bonds is 3. The van der Waals surface area contributed by atoms with Gasteiger partial charge in [0.15, 0.2) is 0 Å². The van der Waals surface area contributed by atoms with Gasteiger partial charge in [-0.1, -0.05) is 67.4 Å². The fourth-order valence-corrected chi connectivity index (χ4v) is 1.59. The summed E-state index contributed by atoms with van der Waals surface area (Å²) in [5, 5.41) is 0. The van der Waals surface area contributed by atoms with Gasteiger partial charge in [0, 0.05) is 0 Å². The van der Waals surface area contributed by atoms with Gasteiger partial charge in [0.1, 0.15) is 0 Å². The summed E-state index contributed by atoms with van der Waals surface area (Å²) >= 11 is 0. The minimum Gasteiger partial charge on any atom is -0.0982 e. The van der Waals surface area contributed by atoms with Gasteiger partial charge in [0.2, 0.25) is 0 Å². The van der Waals surface area contributed by atoms with Gasteiger partial charge in [-0.2, -0.15) is 0 Å². The van der Waals surface area contributed by atoms with Crippen LogP contribution < -0.4 is 0 Å². The lowest BCUT2D eigenvalue weighted by atomic mass is 10.2. The predicted molar refractivity (Wildman–Crippen MR) is 63.5 cm³/mol. The molecule has 0 unspecified atom stereocenters. The van der Waals surface area contributed by atoms with Gasteiger partial charge in [-0.3, -0.25) is 0 Å². The highest BCUT2D eigenvalue weighted by molar-refractivity contribution is 6.61. The molecule has 0 aliphatic rings. The smallest absolute Gasteiger partial charge is 0.0554 e. The maximum atomic E-state index is 2.32. The third-order valence-corrected chi connectivity index (χ3v) is 2.69. The summed E-state index contributed by atoms with van der Waals surface area (Å²) in [7, 11) is -0.528. The van der Waals surface area contributed by atoms with Crippen LogP contribution >= 0.6 is 0 Å². The number of allylic oxidation sites excluding steroid dienone is 2. The van der Waals surface area contributed by atoms with Gasteiger partial charge in [0.25, 0.3) is 0 Å². The van der Waals surface area contributed by atoms with Crippen molar-refractivity contribution in [2.45, 2.75) is 13.1 Å². The van der Waals surface area contributed by atoms with E-state index in [9.17, 15) is 0 Å². The van der Waals surface area contributed by atoms with Crippen molar-refractivity contribution < 1.29 is 0 Å². The van der Waals surface area contributed by atoms with Gasteiger partial charge in [-0.05, 0) is 5.56 Å². The van der Waals surface area contributed by atoms with Crippen LogP contribution in [0.3, 0.4) is 0 Å². The van der Waals surface area contributed by atoms with Crippen molar-refractivity contribution in [1.82, 2.24) is 0 Å². The first kappa shape index (κ1) is 10.0. The molecular formula is C12H16Si. The Hall–Kier alpha value is -1.08. The molecule has 0 radical (unpaired) electrons. The van der Waals surface area contributed by atoms with Crippen molar-refractivity contribution in [1.29, 1.82) is 0 Å². The summed E-state index contributed by atoms with van der Waals surface area (Å²) in [6.07, 6.45) is 6.40.